The lowest BCUT2D eigenvalue weighted by Gasteiger charge is -2.11. The molecule has 0 spiro atoms. The van der Waals surface area contributed by atoms with Crippen molar-refractivity contribution >= 4 is 5.91 Å². The second-order valence-corrected chi connectivity index (χ2v) is 4.49. The first-order chi connectivity index (χ1) is 8.74. The predicted octanol–water partition coefficient (Wildman–Crippen LogP) is 1.69. The van der Waals surface area contributed by atoms with E-state index in [1.807, 2.05) is 25.3 Å². The first-order valence-electron chi connectivity index (χ1n) is 6.61. The molecule has 4 heteroatoms. The van der Waals surface area contributed by atoms with Crippen molar-refractivity contribution in [2.24, 2.45) is 0 Å². The van der Waals surface area contributed by atoms with E-state index < -0.39 is 0 Å². The van der Waals surface area contributed by atoms with Crippen LogP contribution in [0.3, 0.4) is 0 Å². The Morgan fingerprint density at radius 3 is 2.89 bits per heavy atom. The van der Waals surface area contributed by atoms with E-state index in [1.165, 1.54) is 0 Å². The van der Waals surface area contributed by atoms with Gasteiger partial charge in [-0.3, -0.25) is 9.78 Å². The van der Waals surface area contributed by atoms with Crippen molar-refractivity contribution in [3.8, 4) is 0 Å². The molecule has 1 rings (SSSR count). The molecule has 0 bridgehead atoms. The van der Waals surface area contributed by atoms with Crippen LogP contribution in [-0.2, 0) is 4.79 Å². The van der Waals surface area contributed by atoms with Crippen LogP contribution in [0, 0.1) is 0 Å². The lowest BCUT2D eigenvalue weighted by molar-refractivity contribution is -0.121. The first kappa shape index (κ1) is 14.6. The minimum absolute atomic E-state index is 0.102. The van der Waals surface area contributed by atoms with E-state index in [-0.39, 0.29) is 11.8 Å². The number of nitrogens with one attached hydrogen (secondary N) is 2. The second kappa shape index (κ2) is 8.64. The largest absolute Gasteiger partial charge is 0.355 e. The number of aromatic nitrogens is 1. The van der Waals surface area contributed by atoms with Gasteiger partial charge in [0, 0.05) is 31.9 Å². The highest BCUT2D eigenvalue weighted by Gasteiger charge is 2.10. The van der Waals surface area contributed by atoms with Gasteiger partial charge in [0.15, 0.2) is 0 Å². The summed E-state index contributed by atoms with van der Waals surface area (Å²) in [5.41, 5.74) is 1.11. The Bertz CT molecular complexity index is 340. The molecule has 1 amide bonds. The Kier molecular flexibility index (Phi) is 7.03. The number of hydrogen-bond acceptors (Lipinski definition) is 3. The number of amides is 1. The van der Waals surface area contributed by atoms with E-state index in [9.17, 15) is 4.79 Å². The van der Waals surface area contributed by atoms with Crippen LogP contribution in [0.15, 0.2) is 24.5 Å². The van der Waals surface area contributed by atoms with Crippen molar-refractivity contribution in [1.82, 2.24) is 15.6 Å². The molecule has 0 saturated heterocycles. The molecular formula is C14H23N3O. The molecule has 2 N–H and O–H groups in total. The van der Waals surface area contributed by atoms with E-state index in [4.69, 9.17) is 0 Å². The van der Waals surface area contributed by atoms with Crippen LogP contribution in [0.4, 0.5) is 0 Å². The molecule has 1 aromatic rings. The molecule has 1 atom stereocenters. The maximum atomic E-state index is 11.7. The predicted molar refractivity (Wildman–Crippen MR) is 73.4 cm³/mol. The number of hydrogen-bond donors (Lipinski definition) is 2. The van der Waals surface area contributed by atoms with Crippen LogP contribution in [0.2, 0.25) is 0 Å². The van der Waals surface area contributed by atoms with Gasteiger partial charge in [-0.05, 0) is 30.5 Å². The van der Waals surface area contributed by atoms with Gasteiger partial charge in [0.25, 0.3) is 0 Å². The minimum Gasteiger partial charge on any atom is -0.355 e. The van der Waals surface area contributed by atoms with E-state index in [0.717, 1.165) is 25.1 Å². The average Bonchev–Trinajstić information content (AvgIpc) is 2.39. The van der Waals surface area contributed by atoms with Gasteiger partial charge < -0.3 is 10.6 Å². The number of rotatable bonds is 8. The molecule has 0 fully saturated rings. The SMILES string of the molecule is CCCNCCNC(=O)CC(C)c1cccnc1. The van der Waals surface area contributed by atoms with E-state index in [0.29, 0.717) is 13.0 Å². The first-order valence-corrected chi connectivity index (χ1v) is 6.61. The molecule has 0 saturated carbocycles. The van der Waals surface area contributed by atoms with Gasteiger partial charge in [0.05, 0.1) is 0 Å². The highest BCUT2D eigenvalue weighted by Crippen LogP contribution is 2.16. The third kappa shape index (κ3) is 5.77. The standard InChI is InChI=1S/C14H23N3O/c1-3-6-15-8-9-17-14(18)10-12(2)13-5-4-7-16-11-13/h4-5,7,11-12,15H,3,6,8-10H2,1-2H3,(H,17,18). The normalized spacial score (nSPS) is 12.1. The fourth-order valence-electron chi connectivity index (χ4n) is 1.73. The number of pyridine rings is 1. The summed E-state index contributed by atoms with van der Waals surface area (Å²) in [6.45, 7) is 6.70. The molecule has 18 heavy (non-hydrogen) atoms. The van der Waals surface area contributed by atoms with Gasteiger partial charge in [-0.2, -0.15) is 0 Å². The van der Waals surface area contributed by atoms with Crippen molar-refractivity contribution < 1.29 is 4.79 Å². The van der Waals surface area contributed by atoms with Crippen molar-refractivity contribution in [3.63, 3.8) is 0 Å². The maximum Gasteiger partial charge on any atom is 0.220 e. The molecule has 1 unspecified atom stereocenters. The van der Waals surface area contributed by atoms with Gasteiger partial charge in [-0.1, -0.05) is 19.9 Å². The summed E-state index contributed by atoms with van der Waals surface area (Å²) in [5, 5.41) is 6.17. The Morgan fingerprint density at radius 1 is 1.39 bits per heavy atom. The molecule has 0 aliphatic rings. The fourth-order valence-corrected chi connectivity index (χ4v) is 1.73. The summed E-state index contributed by atoms with van der Waals surface area (Å²) in [6.07, 6.45) is 5.20. The van der Waals surface area contributed by atoms with Crippen molar-refractivity contribution in [2.45, 2.75) is 32.6 Å². The van der Waals surface area contributed by atoms with Crippen molar-refractivity contribution in [1.29, 1.82) is 0 Å². The highest BCUT2D eigenvalue weighted by atomic mass is 16.1. The van der Waals surface area contributed by atoms with Crippen molar-refractivity contribution in [2.75, 3.05) is 19.6 Å². The third-order valence-electron chi connectivity index (χ3n) is 2.80. The molecular weight excluding hydrogens is 226 g/mol. The Hall–Kier alpha value is -1.42. The van der Waals surface area contributed by atoms with Crippen LogP contribution < -0.4 is 10.6 Å². The molecule has 0 aliphatic carbocycles. The third-order valence-corrected chi connectivity index (χ3v) is 2.80. The van der Waals surface area contributed by atoms with Gasteiger partial charge >= 0.3 is 0 Å². The fraction of sp³-hybridized carbons (Fsp3) is 0.571. The summed E-state index contributed by atoms with van der Waals surface area (Å²) in [6, 6.07) is 3.91. The van der Waals surface area contributed by atoms with Gasteiger partial charge in [0.2, 0.25) is 5.91 Å². The number of carbonyl (C=O) groups excluding carboxylic acids is 1. The Morgan fingerprint density at radius 2 is 2.22 bits per heavy atom. The number of nitrogens with zero attached hydrogens (tertiary/aromatic N) is 1. The molecule has 0 aromatic carbocycles. The average molecular weight is 249 g/mol. The monoisotopic (exact) mass is 249 g/mol. The smallest absolute Gasteiger partial charge is 0.220 e. The molecule has 0 radical (unpaired) electrons. The van der Waals surface area contributed by atoms with E-state index in [1.54, 1.807) is 6.20 Å². The zero-order valence-corrected chi connectivity index (χ0v) is 11.3. The summed E-state index contributed by atoms with van der Waals surface area (Å²) in [7, 11) is 0. The summed E-state index contributed by atoms with van der Waals surface area (Å²) >= 11 is 0. The minimum atomic E-state index is 0.102. The molecule has 1 aromatic heterocycles. The van der Waals surface area contributed by atoms with Crippen LogP contribution in [0.25, 0.3) is 0 Å². The highest BCUT2D eigenvalue weighted by molar-refractivity contribution is 5.76. The van der Waals surface area contributed by atoms with Crippen LogP contribution >= 0.6 is 0 Å². The second-order valence-electron chi connectivity index (χ2n) is 4.49. The van der Waals surface area contributed by atoms with Crippen LogP contribution in [0.5, 0.6) is 0 Å². The van der Waals surface area contributed by atoms with Crippen molar-refractivity contribution in [3.05, 3.63) is 30.1 Å². The Balaban J connectivity index is 2.20. The lowest BCUT2D eigenvalue weighted by Crippen LogP contribution is -2.32. The summed E-state index contributed by atoms with van der Waals surface area (Å²) < 4.78 is 0. The molecule has 100 valence electrons. The molecule has 0 aliphatic heterocycles. The van der Waals surface area contributed by atoms with Gasteiger partial charge in [-0.25, -0.2) is 0 Å². The Labute approximate surface area is 109 Å². The lowest BCUT2D eigenvalue weighted by atomic mass is 9.99. The molecule has 1 heterocycles. The summed E-state index contributed by atoms with van der Waals surface area (Å²) in [4.78, 5) is 15.8. The quantitative estimate of drug-likeness (QED) is 0.689. The van der Waals surface area contributed by atoms with Crippen LogP contribution in [0.1, 0.15) is 38.2 Å². The zero-order valence-electron chi connectivity index (χ0n) is 11.3. The topological polar surface area (TPSA) is 54.0 Å². The van der Waals surface area contributed by atoms with E-state index in [2.05, 4.69) is 22.5 Å². The maximum absolute atomic E-state index is 11.7. The van der Waals surface area contributed by atoms with Crippen LogP contribution in [-0.4, -0.2) is 30.5 Å². The molecule has 4 nitrogen and oxygen atoms in total. The van der Waals surface area contributed by atoms with Gasteiger partial charge in [0.1, 0.15) is 0 Å². The number of carbonyl (C=O) groups is 1. The van der Waals surface area contributed by atoms with E-state index >= 15 is 0 Å². The van der Waals surface area contributed by atoms with Gasteiger partial charge in [-0.15, -0.1) is 0 Å². The summed E-state index contributed by atoms with van der Waals surface area (Å²) in [5.74, 6) is 0.312. The zero-order chi connectivity index (χ0) is 13.2.